The third kappa shape index (κ3) is 4.63. The Balaban J connectivity index is 1.65. The predicted octanol–water partition coefficient (Wildman–Crippen LogP) is 3.84. The Morgan fingerprint density at radius 2 is 1.97 bits per heavy atom. The van der Waals surface area contributed by atoms with Crippen molar-refractivity contribution in [1.29, 1.82) is 0 Å². The molecule has 150 valence electrons. The Kier molecular flexibility index (Phi) is 5.97. The van der Waals surface area contributed by atoms with Crippen molar-refractivity contribution in [2.75, 3.05) is 13.7 Å². The quantitative estimate of drug-likeness (QED) is 0.344. The number of methoxy groups -OCH3 is 1. The second kappa shape index (κ2) is 8.60. The summed E-state index contributed by atoms with van der Waals surface area (Å²) in [5.41, 5.74) is 2.82. The molecule has 0 saturated heterocycles. The Labute approximate surface area is 168 Å². The van der Waals surface area contributed by atoms with Crippen LogP contribution in [0.15, 0.2) is 47.0 Å². The number of rotatable bonds is 7. The molecule has 0 saturated carbocycles. The van der Waals surface area contributed by atoms with E-state index in [9.17, 15) is 9.59 Å². The van der Waals surface area contributed by atoms with Crippen LogP contribution in [0.3, 0.4) is 0 Å². The van der Waals surface area contributed by atoms with E-state index in [0.29, 0.717) is 28.6 Å². The smallest absolute Gasteiger partial charge is 0.331 e. The minimum absolute atomic E-state index is 0.285. The third-order valence-corrected chi connectivity index (χ3v) is 4.43. The van der Waals surface area contributed by atoms with E-state index in [1.807, 2.05) is 36.6 Å². The Morgan fingerprint density at radius 1 is 1.17 bits per heavy atom. The van der Waals surface area contributed by atoms with Crippen LogP contribution in [-0.2, 0) is 9.53 Å². The van der Waals surface area contributed by atoms with Crippen molar-refractivity contribution < 1.29 is 23.6 Å². The van der Waals surface area contributed by atoms with Crippen molar-refractivity contribution in [1.82, 2.24) is 9.72 Å². The minimum atomic E-state index is -0.595. The molecular formula is C22H22N2O5. The summed E-state index contributed by atoms with van der Waals surface area (Å²) in [4.78, 5) is 24.5. The van der Waals surface area contributed by atoms with Crippen LogP contribution in [0.1, 0.15) is 33.1 Å². The van der Waals surface area contributed by atoms with Gasteiger partial charge in [0.25, 0.3) is 0 Å². The molecule has 2 heterocycles. The first kappa shape index (κ1) is 20.1. The van der Waals surface area contributed by atoms with E-state index in [1.54, 1.807) is 38.3 Å². The molecule has 0 unspecified atom stereocenters. The van der Waals surface area contributed by atoms with Gasteiger partial charge in [0.2, 0.25) is 5.78 Å². The molecular weight excluding hydrogens is 372 g/mol. The van der Waals surface area contributed by atoms with Crippen LogP contribution in [0.4, 0.5) is 0 Å². The number of hydrogen-bond acceptors (Lipinski definition) is 6. The van der Waals surface area contributed by atoms with Crippen LogP contribution in [0.2, 0.25) is 0 Å². The second-order valence-corrected chi connectivity index (χ2v) is 6.56. The highest BCUT2D eigenvalue weighted by Gasteiger charge is 2.19. The number of esters is 1. The number of carbonyl (C=O) groups is 2. The highest BCUT2D eigenvalue weighted by atomic mass is 16.5. The number of nitrogens with zero attached hydrogens (tertiary/aromatic N) is 2. The van der Waals surface area contributed by atoms with Gasteiger partial charge < -0.3 is 14.0 Å². The number of ether oxygens (including phenoxy) is 2. The molecule has 2 aromatic heterocycles. The Hall–Kier alpha value is -3.61. The average molecular weight is 394 g/mol. The zero-order valence-electron chi connectivity index (χ0n) is 16.8. The van der Waals surface area contributed by atoms with E-state index in [4.69, 9.17) is 14.0 Å². The SMILES string of the molecule is COc1cccc(C=CC(=O)OCC(=O)c2cc(C)n(-c3cc(C)on3)c2C)c1. The van der Waals surface area contributed by atoms with Gasteiger partial charge in [-0.05, 0) is 50.6 Å². The maximum atomic E-state index is 12.6. The van der Waals surface area contributed by atoms with E-state index in [0.717, 1.165) is 11.3 Å². The fourth-order valence-corrected chi connectivity index (χ4v) is 3.03. The van der Waals surface area contributed by atoms with Gasteiger partial charge in [0.15, 0.2) is 12.4 Å². The lowest BCUT2D eigenvalue weighted by Gasteiger charge is -2.05. The zero-order chi connectivity index (χ0) is 21.0. The van der Waals surface area contributed by atoms with E-state index in [1.165, 1.54) is 6.08 Å². The van der Waals surface area contributed by atoms with Crippen molar-refractivity contribution in [2.45, 2.75) is 20.8 Å². The molecule has 3 rings (SSSR count). The number of carbonyl (C=O) groups excluding carboxylic acids is 2. The first-order chi connectivity index (χ1) is 13.9. The van der Waals surface area contributed by atoms with Gasteiger partial charge in [-0.3, -0.25) is 9.36 Å². The second-order valence-electron chi connectivity index (χ2n) is 6.56. The van der Waals surface area contributed by atoms with Crippen LogP contribution < -0.4 is 4.74 Å². The van der Waals surface area contributed by atoms with Gasteiger partial charge in [-0.2, -0.15) is 0 Å². The summed E-state index contributed by atoms with van der Waals surface area (Å²) in [6.07, 6.45) is 2.89. The van der Waals surface area contributed by atoms with Crippen molar-refractivity contribution >= 4 is 17.8 Å². The molecule has 0 aliphatic carbocycles. The van der Waals surface area contributed by atoms with E-state index < -0.39 is 5.97 Å². The molecule has 3 aromatic rings. The third-order valence-electron chi connectivity index (χ3n) is 4.43. The lowest BCUT2D eigenvalue weighted by Crippen LogP contribution is -2.13. The van der Waals surface area contributed by atoms with Crippen LogP contribution in [0, 0.1) is 20.8 Å². The molecule has 0 aliphatic rings. The summed E-state index contributed by atoms with van der Waals surface area (Å²) >= 11 is 0. The maximum Gasteiger partial charge on any atom is 0.331 e. The number of ketones is 1. The summed E-state index contributed by atoms with van der Waals surface area (Å²) in [6, 6.07) is 10.8. The first-order valence-electron chi connectivity index (χ1n) is 9.03. The lowest BCUT2D eigenvalue weighted by atomic mass is 10.1. The molecule has 0 aliphatic heterocycles. The zero-order valence-corrected chi connectivity index (χ0v) is 16.8. The van der Waals surface area contributed by atoms with Crippen LogP contribution in [0.25, 0.3) is 11.9 Å². The molecule has 0 bridgehead atoms. The summed E-state index contributed by atoms with van der Waals surface area (Å²) in [7, 11) is 1.57. The van der Waals surface area contributed by atoms with Gasteiger partial charge in [-0.15, -0.1) is 0 Å². The van der Waals surface area contributed by atoms with Gasteiger partial charge >= 0.3 is 5.97 Å². The van der Waals surface area contributed by atoms with Crippen LogP contribution in [0.5, 0.6) is 5.75 Å². The summed E-state index contributed by atoms with van der Waals surface area (Å²) < 4.78 is 17.2. The number of hydrogen-bond donors (Lipinski definition) is 0. The maximum absolute atomic E-state index is 12.6. The average Bonchev–Trinajstić information content (AvgIpc) is 3.26. The van der Waals surface area contributed by atoms with Crippen LogP contribution in [-0.4, -0.2) is 35.2 Å². The lowest BCUT2D eigenvalue weighted by molar-refractivity contribution is -0.136. The molecule has 0 spiro atoms. The van der Waals surface area contributed by atoms with Crippen molar-refractivity contribution in [3.05, 3.63) is 70.7 Å². The highest BCUT2D eigenvalue weighted by Crippen LogP contribution is 2.21. The standard InChI is InChI=1S/C22H22N2O5/c1-14-10-19(16(3)24(14)21-11-15(2)29-23-21)20(25)13-28-22(26)9-8-17-6-5-7-18(12-17)27-4/h5-12H,13H2,1-4H3. The van der Waals surface area contributed by atoms with Gasteiger partial charge in [-0.1, -0.05) is 17.3 Å². The highest BCUT2D eigenvalue weighted by molar-refractivity contribution is 6.00. The molecule has 0 atom stereocenters. The largest absolute Gasteiger partial charge is 0.497 e. The van der Waals surface area contributed by atoms with Crippen molar-refractivity contribution in [3.63, 3.8) is 0 Å². The minimum Gasteiger partial charge on any atom is -0.497 e. The molecule has 0 N–H and O–H groups in total. The predicted molar refractivity (Wildman–Crippen MR) is 107 cm³/mol. The normalized spacial score (nSPS) is 11.0. The van der Waals surface area contributed by atoms with Gasteiger partial charge in [-0.25, -0.2) is 4.79 Å². The fraction of sp³-hybridized carbons (Fsp3) is 0.227. The van der Waals surface area contributed by atoms with Gasteiger partial charge in [0.05, 0.1) is 7.11 Å². The summed E-state index contributed by atoms with van der Waals surface area (Å²) in [6.45, 7) is 5.14. The molecule has 1 aromatic carbocycles. The number of aromatic nitrogens is 2. The van der Waals surface area contributed by atoms with Crippen molar-refractivity contribution in [2.24, 2.45) is 0 Å². The Morgan fingerprint density at radius 3 is 2.66 bits per heavy atom. The van der Waals surface area contributed by atoms with E-state index >= 15 is 0 Å². The molecule has 0 radical (unpaired) electrons. The van der Waals surface area contributed by atoms with Gasteiger partial charge in [0.1, 0.15) is 11.5 Å². The number of Topliss-reactive ketones (excluding diaryl/α,β-unsaturated/α-hetero) is 1. The number of benzene rings is 1. The first-order valence-corrected chi connectivity index (χ1v) is 9.03. The Bertz CT molecular complexity index is 1070. The molecule has 7 nitrogen and oxygen atoms in total. The summed E-state index contributed by atoms with van der Waals surface area (Å²) in [5.74, 6) is 1.09. The molecule has 0 amide bonds. The molecule has 0 fully saturated rings. The molecule has 29 heavy (non-hydrogen) atoms. The monoisotopic (exact) mass is 394 g/mol. The molecule has 7 heteroatoms. The number of aryl methyl sites for hydroxylation is 2. The topological polar surface area (TPSA) is 83.6 Å². The van der Waals surface area contributed by atoms with Gasteiger partial charge in [0, 0.05) is 29.1 Å². The fourth-order valence-electron chi connectivity index (χ4n) is 3.03. The van der Waals surface area contributed by atoms with E-state index in [-0.39, 0.29) is 12.4 Å². The van der Waals surface area contributed by atoms with E-state index in [2.05, 4.69) is 5.16 Å². The van der Waals surface area contributed by atoms with Crippen LogP contribution >= 0.6 is 0 Å². The van der Waals surface area contributed by atoms with Crippen molar-refractivity contribution in [3.8, 4) is 11.6 Å². The summed E-state index contributed by atoms with van der Waals surface area (Å²) in [5, 5.41) is 3.99.